The predicted octanol–water partition coefficient (Wildman–Crippen LogP) is 3.50. The van der Waals surface area contributed by atoms with Crippen LogP contribution in [0.2, 0.25) is 0 Å². The van der Waals surface area contributed by atoms with Crippen LogP contribution in [-0.4, -0.2) is 52.2 Å². The number of nitrogens with zero attached hydrogens (tertiary/aromatic N) is 5. The highest BCUT2D eigenvalue weighted by atomic mass is 19.4. The third kappa shape index (κ3) is 3.52. The van der Waals surface area contributed by atoms with E-state index in [9.17, 15) is 18.0 Å². The molecule has 1 saturated heterocycles. The summed E-state index contributed by atoms with van der Waals surface area (Å²) in [5.74, 6) is 0.239. The topological polar surface area (TPSA) is 82.4 Å². The normalized spacial score (nSPS) is 20.0. The number of carbonyl (C=O) groups excluding carboxylic acids is 1. The van der Waals surface area contributed by atoms with Crippen molar-refractivity contribution >= 4 is 11.6 Å². The lowest BCUT2D eigenvalue weighted by atomic mass is 9.91. The van der Waals surface area contributed by atoms with Gasteiger partial charge in [0.2, 0.25) is 0 Å². The van der Waals surface area contributed by atoms with Crippen LogP contribution < -0.4 is 9.64 Å². The number of aromatic nitrogens is 4. The molecule has 8 nitrogen and oxygen atoms in total. The number of amides is 1. The molecule has 0 bridgehead atoms. The first-order chi connectivity index (χ1) is 15.7. The van der Waals surface area contributed by atoms with Crippen molar-refractivity contribution in [3.63, 3.8) is 0 Å². The van der Waals surface area contributed by atoms with Gasteiger partial charge in [0.05, 0.1) is 48.7 Å². The minimum absolute atomic E-state index is 0.183. The standard InChI is InChI=1S/C22H20F3N5O3/c1-13-5-17(14-6-16(32-2)9-26-7-14)28-19-18(13)20(31)30(21(19)3-4-33-12-21)15-8-27-29(10-15)11-22(23,24)25/h5-10H,3-4,11-12H2,1-2H3. The maximum Gasteiger partial charge on any atom is 0.408 e. The zero-order valence-corrected chi connectivity index (χ0v) is 17.9. The molecule has 0 aromatic carbocycles. The van der Waals surface area contributed by atoms with Crippen LogP contribution in [0.5, 0.6) is 5.75 Å². The second-order valence-corrected chi connectivity index (χ2v) is 8.15. The van der Waals surface area contributed by atoms with E-state index in [1.54, 1.807) is 31.6 Å². The number of anilines is 1. The van der Waals surface area contributed by atoms with E-state index >= 15 is 0 Å². The van der Waals surface area contributed by atoms with Crippen LogP contribution in [0.25, 0.3) is 11.3 Å². The molecule has 33 heavy (non-hydrogen) atoms. The molecule has 1 spiro atoms. The Labute approximate surface area is 187 Å². The van der Waals surface area contributed by atoms with Crippen LogP contribution in [0, 0.1) is 6.92 Å². The zero-order chi connectivity index (χ0) is 23.4. The van der Waals surface area contributed by atoms with Crippen molar-refractivity contribution in [1.29, 1.82) is 0 Å². The fourth-order valence-electron chi connectivity index (χ4n) is 4.53. The van der Waals surface area contributed by atoms with E-state index in [0.29, 0.717) is 41.3 Å². The second kappa shape index (κ2) is 7.55. The van der Waals surface area contributed by atoms with E-state index in [2.05, 4.69) is 10.1 Å². The maximum atomic E-state index is 13.6. The third-order valence-corrected chi connectivity index (χ3v) is 5.97. The summed E-state index contributed by atoms with van der Waals surface area (Å²) in [5.41, 5.74) is 2.38. The van der Waals surface area contributed by atoms with E-state index in [1.165, 1.54) is 17.3 Å². The van der Waals surface area contributed by atoms with E-state index in [0.717, 1.165) is 10.2 Å². The predicted molar refractivity (Wildman–Crippen MR) is 111 cm³/mol. The quantitative estimate of drug-likeness (QED) is 0.594. The van der Waals surface area contributed by atoms with Gasteiger partial charge < -0.3 is 9.47 Å². The minimum atomic E-state index is -4.42. The van der Waals surface area contributed by atoms with Gasteiger partial charge in [-0.05, 0) is 24.6 Å². The number of methoxy groups -OCH3 is 1. The summed E-state index contributed by atoms with van der Waals surface area (Å²) in [6.45, 7) is 1.15. The van der Waals surface area contributed by atoms with Crippen molar-refractivity contribution in [2.45, 2.75) is 31.6 Å². The fourth-order valence-corrected chi connectivity index (χ4v) is 4.53. The fraction of sp³-hybridized carbons (Fsp3) is 0.364. The summed E-state index contributed by atoms with van der Waals surface area (Å²) in [5, 5.41) is 3.82. The number of alkyl halides is 3. The van der Waals surface area contributed by atoms with Gasteiger partial charge in [0, 0.05) is 31.0 Å². The highest BCUT2D eigenvalue weighted by molar-refractivity contribution is 6.12. The average molecular weight is 459 g/mol. The minimum Gasteiger partial charge on any atom is -0.495 e. The molecular formula is C22H20F3N5O3. The van der Waals surface area contributed by atoms with Crippen LogP contribution in [-0.2, 0) is 16.8 Å². The van der Waals surface area contributed by atoms with Crippen LogP contribution in [0.15, 0.2) is 36.9 Å². The van der Waals surface area contributed by atoms with Crippen molar-refractivity contribution in [1.82, 2.24) is 19.7 Å². The summed E-state index contributed by atoms with van der Waals surface area (Å²) < 4.78 is 50.2. The van der Waals surface area contributed by atoms with Gasteiger partial charge in [0.15, 0.2) is 0 Å². The Morgan fingerprint density at radius 2 is 2.06 bits per heavy atom. The van der Waals surface area contributed by atoms with Crippen molar-refractivity contribution in [2.75, 3.05) is 25.2 Å². The molecule has 0 aliphatic carbocycles. The van der Waals surface area contributed by atoms with Crippen molar-refractivity contribution in [3.8, 4) is 17.0 Å². The highest BCUT2D eigenvalue weighted by Crippen LogP contribution is 2.48. The van der Waals surface area contributed by atoms with Gasteiger partial charge in [-0.3, -0.25) is 19.4 Å². The molecule has 5 rings (SSSR count). The molecule has 11 heteroatoms. The lowest BCUT2D eigenvalue weighted by Crippen LogP contribution is -2.45. The first-order valence-electron chi connectivity index (χ1n) is 10.2. The van der Waals surface area contributed by atoms with Crippen molar-refractivity contribution < 1.29 is 27.4 Å². The van der Waals surface area contributed by atoms with Crippen LogP contribution in [0.3, 0.4) is 0 Å². The molecule has 1 atom stereocenters. The first-order valence-corrected chi connectivity index (χ1v) is 10.2. The van der Waals surface area contributed by atoms with Gasteiger partial charge in [0.1, 0.15) is 17.8 Å². The molecule has 0 N–H and O–H groups in total. The van der Waals surface area contributed by atoms with Gasteiger partial charge in [-0.1, -0.05) is 0 Å². The number of aryl methyl sites for hydroxylation is 1. The Morgan fingerprint density at radius 3 is 2.76 bits per heavy atom. The molecule has 3 aromatic rings. The molecule has 1 fully saturated rings. The van der Waals surface area contributed by atoms with Crippen LogP contribution in [0.1, 0.15) is 28.0 Å². The number of hydrogen-bond donors (Lipinski definition) is 0. The number of ether oxygens (including phenoxy) is 2. The third-order valence-electron chi connectivity index (χ3n) is 5.97. The lowest BCUT2D eigenvalue weighted by molar-refractivity contribution is -0.142. The Morgan fingerprint density at radius 1 is 1.24 bits per heavy atom. The van der Waals surface area contributed by atoms with Crippen molar-refractivity contribution in [2.24, 2.45) is 0 Å². The molecular weight excluding hydrogens is 439 g/mol. The average Bonchev–Trinajstić information content (AvgIpc) is 3.47. The number of rotatable bonds is 4. The summed E-state index contributed by atoms with van der Waals surface area (Å²) in [7, 11) is 1.54. The molecule has 2 aliphatic heterocycles. The summed E-state index contributed by atoms with van der Waals surface area (Å²) in [6.07, 6.45) is 1.79. The number of hydrogen-bond acceptors (Lipinski definition) is 6. The van der Waals surface area contributed by atoms with E-state index in [1.807, 2.05) is 6.92 Å². The van der Waals surface area contributed by atoms with E-state index in [-0.39, 0.29) is 18.2 Å². The van der Waals surface area contributed by atoms with E-state index < -0.39 is 18.3 Å². The molecule has 0 saturated carbocycles. The monoisotopic (exact) mass is 459 g/mol. The second-order valence-electron chi connectivity index (χ2n) is 8.15. The molecule has 1 unspecified atom stereocenters. The zero-order valence-electron chi connectivity index (χ0n) is 17.9. The first kappa shape index (κ1) is 21.4. The molecule has 0 radical (unpaired) electrons. The Bertz CT molecular complexity index is 1230. The molecule has 1 amide bonds. The number of carbonyl (C=O) groups is 1. The molecule has 3 aromatic heterocycles. The summed E-state index contributed by atoms with van der Waals surface area (Å²) in [6, 6.07) is 3.60. The SMILES string of the molecule is COc1cncc(-c2cc(C)c3c(n2)C2(CCOC2)N(c2cnn(CC(F)(F)F)c2)C3=O)c1. The summed E-state index contributed by atoms with van der Waals surface area (Å²) in [4.78, 5) is 24.1. The molecule has 2 aliphatic rings. The molecule has 5 heterocycles. The number of pyridine rings is 2. The summed E-state index contributed by atoms with van der Waals surface area (Å²) >= 11 is 0. The van der Waals surface area contributed by atoms with Gasteiger partial charge in [0.25, 0.3) is 5.91 Å². The Balaban J connectivity index is 1.62. The van der Waals surface area contributed by atoms with Crippen LogP contribution in [0.4, 0.5) is 18.9 Å². The van der Waals surface area contributed by atoms with Gasteiger partial charge in [-0.25, -0.2) is 4.98 Å². The number of halogens is 3. The maximum absolute atomic E-state index is 13.6. The Kier molecular flexibility index (Phi) is 4.89. The number of fused-ring (bicyclic) bond motifs is 2. The van der Waals surface area contributed by atoms with Gasteiger partial charge in [-0.15, -0.1) is 0 Å². The van der Waals surface area contributed by atoms with Crippen molar-refractivity contribution in [3.05, 3.63) is 53.7 Å². The van der Waals surface area contributed by atoms with Gasteiger partial charge in [-0.2, -0.15) is 18.3 Å². The largest absolute Gasteiger partial charge is 0.495 e. The lowest BCUT2D eigenvalue weighted by Gasteiger charge is -2.32. The molecule has 172 valence electrons. The Hall–Kier alpha value is -3.47. The van der Waals surface area contributed by atoms with E-state index in [4.69, 9.17) is 14.5 Å². The highest BCUT2D eigenvalue weighted by Gasteiger charge is 2.55. The van der Waals surface area contributed by atoms with Crippen LogP contribution >= 0.6 is 0 Å². The van der Waals surface area contributed by atoms with Gasteiger partial charge >= 0.3 is 6.18 Å². The smallest absolute Gasteiger partial charge is 0.408 e.